The third kappa shape index (κ3) is 3.58. The first-order valence-corrected chi connectivity index (χ1v) is 7.65. The van der Waals surface area contributed by atoms with Crippen LogP contribution in [-0.4, -0.2) is 4.98 Å². The lowest BCUT2D eigenvalue weighted by Crippen LogP contribution is -2.30. The van der Waals surface area contributed by atoms with Crippen LogP contribution in [0.4, 0.5) is 0 Å². The van der Waals surface area contributed by atoms with E-state index in [1.807, 2.05) is 30.5 Å². The molecule has 0 aliphatic rings. The third-order valence-corrected chi connectivity index (χ3v) is 4.18. The number of aromatic nitrogens is 1. The van der Waals surface area contributed by atoms with Crippen LogP contribution in [0.15, 0.2) is 41.1 Å². The van der Waals surface area contributed by atoms with E-state index in [9.17, 15) is 0 Å². The maximum atomic E-state index is 6.28. The molecule has 1 aromatic carbocycles. The standard InChI is InChI=1S/C15H17BrClN3/c1-2-10-9-19-6-5-13(10)15(20-18)7-11-3-4-12(16)8-14(11)17/h3-6,8-9,15,20H,2,7,18H2,1H3. The highest BCUT2D eigenvalue weighted by molar-refractivity contribution is 9.10. The molecule has 20 heavy (non-hydrogen) atoms. The Balaban J connectivity index is 2.29. The third-order valence-electron chi connectivity index (χ3n) is 3.34. The number of halogens is 2. The molecule has 1 unspecified atom stereocenters. The number of benzene rings is 1. The van der Waals surface area contributed by atoms with Crippen molar-refractivity contribution in [3.63, 3.8) is 0 Å². The summed E-state index contributed by atoms with van der Waals surface area (Å²) in [6, 6.07) is 7.94. The van der Waals surface area contributed by atoms with Crippen LogP contribution in [0.3, 0.4) is 0 Å². The van der Waals surface area contributed by atoms with Gasteiger partial charge < -0.3 is 0 Å². The Morgan fingerprint density at radius 1 is 1.35 bits per heavy atom. The molecule has 0 radical (unpaired) electrons. The minimum Gasteiger partial charge on any atom is -0.271 e. The summed E-state index contributed by atoms with van der Waals surface area (Å²) < 4.78 is 0.974. The molecular formula is C15H17BrClN3. The van der Waals surface area contributed by atoms with Gasteiger partial charge in [-0.2, -0.15) is 0 Å². The summed E-state index contributed by atoms with van der Waals surface area (Å²) in [5, 5.41) is 0.742. The summed E-state index contributed by atoms with van der Waals surface area (Å²) >= 11 is 9.70. The quantitative estimate of drug-likeness (QED) is 0.634. The predicted octanol–water partition coefficient (Wildman–Crippen LogP) is 3.81. The van der Waals surface area contributed by atoms with Crippen LogP contribution in [0.25, 0.3) is 0 Å². The number of hydrogen-bond donors (Lipinski definition) is 2. The number of pyridine rings is 1. The zero-order chi connectivity index (χ0) is 14.5. The van der Waals surface area contributed by atoms with Crippen molar-refractivity contribution in [3.05, 3.63) is 62.8 Å². The second-order valence-electron chi connectivity index (χ2n) is 4.59. The topological polar surface area (TPSA) is 50.9 Å². The Kier molecular flexibility index (Phi) is 5.54. The van der Waals surface area contributed by atoms with Crippen LogP contribution < -0.4 is 11.3 Å². The largest absolute Gasteiger partial charge is 0.271 e. The Bertz CT molecular complexity index is 589. The molecule has 1 aromatic heterocycles. The maximum absolute atomic E-state index is 6.28. The van der Waals surface area contributed by atoms with Gasteiger partial charge in [0, 0.05) is 21.9 Å². The first-order valence-electron chi connectivity index (χ1n) is 6.48. The van der Waals surface area contributed by atoms with Gasteiger partial charge in [0.25, 0.3) is 0 Å². The summed E-state index contributed by atoms with van der Waals surface area (Å²) in [5.41, 5.74) is 6.32. The molecule has 3 N–H and O–H groups in total. The summed E-state index contributed by atoms with van der Waals surface area (Å²) in [5.74, 6) is 5.73. The molecule has 0 aliphatic carbocycles. The van der Waals surface area contributed by atoms with E-state index in [2.05, 4.69) is 33.3 Å². The van der Waals surface area contributed by atoms with E-state index in [1.165, 1.54) is 11.1 Å². The number of hydrazine groups is 1. The van der Waals surface area contributed by atoms with Crippen molar-refractivity contribution in [3.8, 4) is 0 Å². The fourth-order valence-electron chi connectivity index (χ4n) is 2.24. The summed E-state index contributed by atoms with van der Waals surface area (Å²) in [7, 11) is 0. The molecule has 0 bridgehead atoms. The van der Waals surface area contributed by atoms with E-state index in [-0.39, 0.29) is 6.04 Å². The van der Waals surface area contributed by atoms with E-state index < -0.39 is 0 Å². The Labute approximate surface area is 132 Å². The van der Waals surface area contributed by atoms with E-state index in [0.717, 1.165) is 27.9 Å². The lowest BCUT2D eigenvalue weighted by molar-refractivity contribution is 0.547. The minimum atomic E-state index is 0.0200. The van der Waals surface area contributed by atoms with Crippen molar-refractivity contribution in [2.75, 3.05) is 0 Å². The number of hydrogen-bond acceptors (Lipinski definition) is 3. The molecule has 2 rings (SSSR count). The molecule has 0 saturated carbocycles. The lowest BCUT2D eigenvalue weighted by Gasteiger charge is -2.20. The molecule has 3 nitrogen and oxygen atoms in total. The van der Waals surface area contributed by atoms with Gasteiger partial charge in [0.2, 0.25) is 0 Å². The van der Waals surface area contributed by atoms with Crippen molar-refractivity contribution >= 4 is 27.5 Å². The zero-order valence-corrected chi connectivity index (χ0v) is 13.6. The van der Waals surface area contributed by atoms with Gasteiger partial charge in [-0.25, -0.2) is 0 Å². The molecule has 1 heterocycles. The van der Waals surface area contributed by atoms with Crippen molar-refractivity contribution in [1.82, 2.24) is 10.4 Å². The van der Waals surface area contributed by atoms with Gasteiger partial charge in [0.15, 0.2) is 0 Å². The average Bonchev–Trinajstić information content (AvgIpc) is 2.46. The smallest absolute Gasteiger partial charge is 0.0504 e. The molecular weight excluding hydrogens is 338 g/mol. The number of aryl methyl sites for hydroxylation is 1. The number of rotatable bonds is 5. The van der Waals surface area contributed by atoms with Gasteiger partial charge in [0.05, 0.1) is 6.04 Å². The monoisotopic (exact) mass is 353 g/mol. The van der Waals surface area contributed by atoms with Crippen LogP contribution in [0, 0.1) is 0 Å². The number of nitrogens with two attached hydrogens (primary N) is 1. The fraction of sp³-hybridized carbons (Fsp3) is 0.267. The lowest BCUT2D eigenvalue weighted by atomic mass is 9.95. The molecule has 0 saturated heterocycles. The fourth-order valence-corrected chi connectivity index (χ4v) is 2.99. The van der Waals surface area contributed by atoms with Gasteiger partial charge in [-0.15, -0.1) is 0 Å². The van der Waals surface area contributed by atoms with E-state index in [4.69, 9.17) is 17.4 Å². The van der Waals surface area contributed by atoms with E-state index in [0.29, 0.717) is 0 Å². The summed E-state index contributed by atoms with van der Waals surface area (Å²) in [4.78, 5) is 4.17. The first-order chi connectivity index (χ1) is 9.65. The Morgan fingerprint density at radius 2 is 2.15 bits per heavy atom. The minimum absolute atomic E-state index is 0.0200. The van der Waals surface area contributed by atoms with Crippen LogP contribution in [0.1, 0.15) is 29.7 Å². The number of nitrogens with zero attached hydrogens (tertiary/aromatic N) is 1. The molecule has 0 amide bonds. The molecule has 0 fully saturated rings. The Morgan fingerprint density at radius 3 is 2.80 bits per heavy atom. The van der Waals surface area contributed by atoms with E-state index in [1.54, 1.807) is 6.20 Å². The van der Waals surface area contributed by atoms with Crippen LogP contribution in [0.5, 0.6) is 0 Å². The molecule has 0 aliphatic heterocycles. The second kappa shape index (κ2) is 7.18. The van der Waals surface area contributed by atoms with Gasteiger partial charge >= 0.3 is 0 Å². The first kappa shape index (κ1) is 15.4. The highest BCUT2D eigenvalue weighted by atomic mass is 79.9. The second-order valence-corrected chi connectivity index (χ2v) is 5.91. The van der Waals surface area contributed by atoms with Crippen molar-refractivity contribution in [2.24, 2.45) is 5.84 Å². The van der Waals surface area contributed by atoms with Gasteiger partial charge in [0.1, 0.15) is 0 Å². The van der Waals surface area contributed by atoms with Crippen LogP contribution in [-0.2, 0) is 12.8 Å². The average molecular weight is 355 g/mol. The molecule has 106 valence electrons. The van der Waals surface area contributed by atoms with Gasteiger partial charge in [-0.1, -0.05) is 40.5 Å². The highest BCUT2D eigenvalue weighted by Gasteiger charge is 2.15. The summed E-state index contributed by atoms with van der Waals surface area (Å²) in [6.45, 7) is 2.11. The zero-order valence-electron chi connectivity index (χ0n) is 11.2. The number of nitrogens with one attached hydrogen (secondary N) is 1. The van der Waals surface area contributed by atoms with Crippen molar-refractivity contribution < 1.29 is 0 Å². The molecule has 0 spiro atoms. The van der Waals surface area contributed by atoms with Crippen molar-refractivity contribution in [2.45, 2.75) is 25.8 Å². The van der Waals surface area contributed by atoms with E-state index >= 15 is 0 Å². The summed E-state index contributed by atoms with van der Waals surface area (Å²) in [6.07, 6.45) is 5.35. The maximum Gasteiger partial charge on any atom is 0.0504 e. The van der Waals surface area contributed by atoms with Gasteiger partial charge in [-0.3, -0.25) is 16.3 Å². The SMILES string of the molecule is CCc1cnccc1C(Cc1ccc(Br)cc1Cl)NN. The molecule has 1 atom stereocenters. The van der Waals surface area contributed by atoms with Crippen molar-refractivity contribution in [1.29, 1.82) is 0 Å². The molecule has 5 heteroatoms. The Hall–Kier alpha value is -0.940. The molecule has 2 aromatic rings. The highest BCUT2D eigenvalue weighted by Crippen LogP contribution is 2.27. The van der Waals surface area contributed by atoms with Crippen LogP contribution >= 0.6 is 27.5 Å². The van der Waals surface area contributed by atoms with Gasteiger partial charge in [-0.05, 0) is 47.7 Å². The normalized spacial score (nSPS) is 12.4. The predicted molar refractivity (Wildman–Crippen MR) is 86.5 cm³/mol. The van der Waals surface area contributed by atoms with Crippen LogP contribution in [0.2, 0.25) is 5.02 Å².